The van der Waals surface area contributed by atoms with Crippen LogP contribution in [-0.4, -0.2) is 16.6 Å². The van der Waals surface area contributed by atoms with Gasteiger partial charge in [-0.1, -0.05) is 12.1 Å². The molecule has 0 amide bonds. The van der Waals surface area contributed by atoms with Gasteiger partial charge in [-0.05, 0) is 5.56 Å². The van der Waals surface area contributed by atoms with Gasteiger partial charge in [0.05, 0.1) is 10.9 Å². The highest BCUT2D eigenvalue weighted by Crippen LogP contribution is 2.17. The molecule has 0 unspecified atom stereocenters. The first-order chi connectivity index (χ1) is 7.09. The normalized spacial score (nSPS) is 9.87. The maximum Gasteiger partial charge on any atom is 0.269 e. The highest BCUT2D eigenvalue weighted by atomic mass is 32.2. The maximum absolute atomic E-state index is 10.4. The largest absolute Gasteiger partial charge is 0.549 e. The number of carbonyl (C=O) groups excluding carboxylic acids is 1. The molecule has 0 saturated carbocycles. The van der Waals surface area contributed by atoms with E-state index in [4.69, 9.17) is 0 Å². The van der Waals surface area contributed by atoms with Gasteiger partial charge in [-0.15, -0.1) is 0 Å². The van der Waals surface area contributed by atoms with Crippen molar-refractivity contribution in [3.05, 3.63) is 39.9 Å². The summed E-state index contributed by atoms with van der Waals surface area (Å²) >= 11 is 1.15. The summed E-state index contributed by atoms with van der Waals surface area (Å²) in [7, 11) is 0. The summed E-state index contributed by atoms with van der Waals surface area (Å²) in [5.74, 6) is -0.816. The summed E-state index contributed by atoms with van der Waals surface area (Å²) in [5, 5.41) is 20.6. The van der Waals surface area contributed by atoms with E-state index in [1.54, 1.807) is 12.1 Å². The fraction of sp³-hybridized carbons (Fsp3) is 0.222. The number of benzene rings is 1. The average molecular weight is 226 g/mol. The lowest BCUT2D eigenvalue weighted by molar-refractivity contribution is -0.384. The first-order valence-corrected chi connectivity index (χ1v) is 5.26. The quantitative estimate of drug-likeness (QED) is 0.541. The Kier molecular flexibility index (Phi) is 4.11. The second-order valence-corrected chi connectivity index (χ2v) is 3.78. The number of nitro groups is 1. The van der Waals surface area contributed by atoms with E-state index in [0.29, 0.717) is 5.75 Å². The van der Waals surface area contributed by atoms with Crippen molar-refractivity contribution >= 4 is 23.4 Å². The SMILES string of the molecule is O=C([O-])CSCc1cccc([N+](=O)[O-])c1. The Bertz CT molecular complexity index is 380. The predicted molar refractivity (Wildman–Crippen MR) is 54.3 cm³/mol. The molecule has 0 aliphatic heterocycles. The Morgan fingerprint density at radius 3 is 2.80 bits per heavy atom. The summed E-state index contributed by atoms with van der Waals surface area (Å²) in [4.78, 5) is 20.1. The lowest BCUT2D eigenvalue weighted by atomic mass is 10.2. The van der Waals surface area contributed by atoms with Crippen LogP contribution in [0.25, 0.3) is 0 Å². The monoisotopic (exact) mass is 226 g/mol. The molecular formula is C9H8NO4S-. The van der Waals surface area contributed by atoms with Crippen molar-refractivity contribution in [2.45, 2.75) is 5.75 Å². The number of hydrogen-bond donors (Lipinski definition) is 0. The number of non-ortho nitro benzene ring substituents is 1. The number of carboxylic acids is 1. The van der Waals surface area contributed by atoms with Gasteiger partial charge in [-0.25, -0.2) is 0 Å². The Morgan fingerprint density at radius 1 is 1.47 bits per heavy atom. The standard InChI is InChI=1S/C9H9NO4S/c11-9(12)6-15-5-7-2-1-3-8(4-7)10(13)14/h1-4H,5-6H2,(H,11,12)/p-1. The van der Waals surface area contributed by atoms with Crippen molar-refractivity contribution in [3.63, 3.8) is 0 Å². The van der Waals surface area contributed by atoms with E-state index in [0.717, 1.165) is 17.3 Å². The summed E-state index contributed by atoms with van der Waals surface area (Å²) in [5.41, 5.74) is 0.747. The topological polar surface area (TPSA) is 83.3 Å². The van der Waals surface area contributed by atoms with Gasteiger partial charge in [0.25, 0.3) is 5.69 Å². The molecule has 0 atom stereocenters. The smallest absolute Gasteiger partial charge is 0.269 e. The summed E-state index contributed by atoms with van der Waals surface area (Å²) in [6.45, 7) is 0. The second kappa shape index (κ2) is 5.35. The van der Waals surface area contributed by atoms with E-state index in [1.807, 2.05) is 0 Å². The van der Waals surface area contributed by atoms with Gasteiger partial charge in [0.2, 0.25) is 0 Å². The Hall–Kier alpha value is -1.56. The summed E-state index contributed by atoms with van der Waals surface area (Å²) < 4.78 is 0. The number of carboxylic acid groups (broad SMARTS) is 1. The van der Waals surface area contributed by atoms with Crippen LogP contribution in [0.2, 0.25) is 0 Å². The lowest BCUT2D eigenvalue weighted by Gasteiger charge is -2.02. The van der Waals surface area contributed by atoms with E-state index in [-0.39, 0.29) is 11.4 Å². The minimum atomic E-state index is -1.13. The molecular weight excluding hydrogens is 218 g/mol. The van der Waals surface area contributed by atoms with Crippen LogP contribution in [0.15, 0.2) is 24.3 Å². The third-order valence-electron chi connectivity index (χ3n) is 1.61. The molecule has 0 heterocycles. The Labute approximate surface area is 90.3 Å². The van der Waals surface area contributed by atoms with Crippen LogP contribution in [0.4, 0.5) is 5.69 Å². The maximum atomic E-state index is 10.4. The van der Waals surface area contributed by atoms with Gasteiger partial charge in [0, 0.05) is 23.6 Å². The fourth-order valence-electron chi connectivity index (χ4n) is 1.01. The molecule has 6 heteroatoms. The van der Waals surface area contributed by atoms with Crippen LogP contribution in [0, 0.1) is 10.1 Å². The third-order valence-corrected chi connectivity index (χ3v) is 2.59. The first-order valence-electron chi connectivity index (χ1n) is 4.10. The van der Waals surface area contributed by atoms with Crippen LogP contribution in [0.1, 0.15) is 5.56 Å². The van der Waals surface area contributed by atoms with Gasteiger partial charge in [-0.3, -0.25) is 10.1 Å². The molecule has 0 N–H and O–H groups in total. The second-order valence-electron chi connectivity index (χ2n) is 2.79. The molecule has 0 bridgehead atoms. The van der Waals surface area contributed by atoms with E-state index < -0.39 is 10.9 Å². The number of carbonyl (C=O) groups is 1. The van der Waals surface area contributed by atoms with Crippen LogP contribution >= 0.6 is 11.8 Å². The molecule has 1 aromatic carbocycles. The van der Waals surface area contributed by atoms with E-state index in [2.05, 4.69) is 0 Å². The number of nitrogens with zero attached hydrogens (tertiary/aromatic N) is 1. The molecule has 80 valence electrons. The molecule has 0 fully saturated rings. The number of aliphatic carboxylic acids is 1. The molecule has 0 radical (unpaired) electrons. The zero-order chi connectivity index (χ0) is 11.3. The molecule has 0 aliphatic carbocycles. The molecule has 0 aromatic heterocycles. The van der Waals surface area contributed by atoms with Crippen molar-refractivity contribution in [1.29, 1.82) is 0 Å². The van der Waals surface area contributed by atoms with Crippen molar-refractivity contribution in [1.82, 2.24) is 0 Å². The first kappa shape index (κ1) is 11.5. The summed E-state index contributed by atoms with van der Waals surface area (Å²) in [6, 6.07) is 6.12. The van der Waals surface area contributed by atoms with Gasteiger partial charge < -0.3 is 9.90 Å². The highest BCUT2D eigenvalue weighted by molar-refractivity contribution is 7.99. The minimum Gasteiger partial charge on any atom is -0.549 e. The zero-order valence-corrected chi connectivity index (χ0v) is 8.53. The van der Waals surface area contributed by atoms with Crippen LogP contribution in [0.3, 0.4) is 0 Å². The number of thioether (sulfide) groups is 1. The van der Waals surface area contributed by atoms with E-state index >= 15 is 0 Å². The van der Waals surface area contributed by atoms with Crippen LogP contribution < -0.4 is 5.11 Å². The number of nitro benzene ring substituents is 1. The van der Waals surface area contributed by atoms with Gasteiger partial charge in [-0.2, -0.15) is 11.8 Å². The molecule has 15 heavy (non-hydrogen) atoms. The molecule has 1 rings (SSSR count). The van der Waals surface area contributed by atoms with Crippen molar-refractivity contribution in [2.75, 3.05) is 5.75 Å². The molecule has 0 spiro atoms. The van der Waals surface area contributed by atoms with E-state index in [9.17, 15) is 20.0 Å². The van der Waals surface area contributed by atoms with Gasteiger partial charge >= 0.3 is 0 Å². The average Bonchev–Trinajstić information content (AvgIpc) is 2.17. The molecule has 0 saturated heterocycles. The Balaban J connectivity index is 2.58. The van der Waals surface area contributed by atoms with Crippen molar-refractivity contribution < 1.29 is 14.8 Å². The van der Waals surface area contributed by atoms with E-state index in [1.165, 1.54) is 12.1 Å². The van der Waals surface area contributed by atoms with Crippen LogP contribution in [0.5, 0.6) is 0 Å². The van der Waals surface area contributed by atoms with Crippen molar-refractivity contribution in [2.24, 2.45) is 0 Å². The third kappa shape index (κ3) is 3.99. The Morgan fingerprint density at radius 2 is 2.20 bits per heavy atom. The lowest BCUT2D eigenvalue weighted by Crippen LogP contribution is -2.24. The predicted octanol–water partition coefficient (Wildman–Crippen LogP) is 0.578. The number of hydrogen-bond acceptors (Lipinski definition) is 5. The highest BCUT2D eigenvalue weighted by Gasteiger charge is 2.05. The fourth-order valence-corrected chi connectivity index (χ4v) is 1.70. The minimum absolute atomic E-state index is 0.0153. The zero-order valence-electron chi connectivity index (χ0n) is 7.71. The molecule has 0 aliphatic rings. The van der Waals surface area contributed by atoms with Gasteiger partial charge in [0.1, 0.15) is 0 Å². The van der Waals surface area contributed by atoms with Gasteiger partial charge in [0.15, 0.2) is 0 Å². The van der Waals surface area contributed by atoms with Crippen molar-refractivity contribution in [3.8, 4) is 0 Å². The molecule has 5 nitrogen and oxygen atoms in total. The summed E-state index contributed by atoms with van der Waals surface area (Å²) in [6.07, 6.45) is 0. The number of rotatable bonds is 5. The molecule has 1 aromatic rings. The van der Waals surface area contributed by atoms with Crippen LogP contribution in [-0.2, 0) is 10.5 Å².